The molecule has 2 aromatic heterocycles. The van der Waals surface area contributed by atoms with E-state index >= 15 is 0 Å². The summed E-state index contributed by atoms with van der Waals surface area (Å²) in [7, 11) is 2.13. The second-order valence-corrected chi connectivity index (χ2v) is 5.53. The molecule has 0 saturated carbocycles. The number of aromatic nitrogens is 4. The van der Waals surface area contributed by atoms with E-state index in [1.165, 1.54) is 19.4 Å². The highest BCUT2D eigenvalue weighted by atomic mass is 15.4. The van der Waals surface area contributed by atoms with Gasteiger partial charge in [-0.2, -0.15) is 14.6 Å². The van der Waals surface area contributed by atoms with E-state index in [0.717, 1.165) is 24.6 Å². The van der Waals surface area contributed by atoms with E-state index in [2.05, 4.69) is 44.9 Å². The maximum Gasteiger partial charge on any atom is 0.254 e. The fraction of sp³-hybridized carbons (Fsp3) is 0.643. The number of aryl methyl sites for hydroxylation is 1. The summed E-state index contributed by atoms with van der Waals surface area (Å²) in [5.74, 6) is 1.73. The fourth-order valence-electron chi connectivity index (χ4n) is 3.11. The number of fused-ring (bicyclic) bond motifs is 1. The second-order valence-electron chi connectivity index (χ2n) is 5.53. The van der Waals surface area contributed by atoms with Crippen LogP contribution in [0, 0.1) is 6.92 Å². The molecule has 3 rings (SSSR count). The smallest absolute Gasteiger partial charge is 0.254 e. The lowest BCUT2D eigenvalue weighted by atomic mass is 10.2. The third-order valence-corrected chi connectivity index (χ3v) is 4.14. The summed E-state index contributed by atoms with van der Waals surface area (Å²) in [5.41, 5.74) is 0.978. The molecule has 1 fully saturated rings. The zero-order chi connectivity index (χ0) is 14.1. The molecule has 0 aromatic carbocycles. The lowest BCUT2D eigenvalue weighted by Gasteiger charge is -2.29. The molecule has 0 N–H and O–H groups in total. The molecular weight excluding hydrogens is 252 g/mol. The van der Waals surface area contributed by atoms with Gasteiger partial charge in [-0.1, -0.05) is 6.92 Å². The lowest BCUT2D eigenvalue weighted by molar-refractivity contribution is 0.270. The average molecular weight is 274 g/mol. The van der Waals surface area contributed by atoms with Crippen LogP contribution in [0.2, 0.25) is 0 Å². The quantitative estimate of drug-likeness (QED) is 0.842. The first-order valence-corrected chi connectivity index (χ1v) is 7.31. The van der Waals surface area contributed by atoms with Crippen molar-refractivity contribution in [2.24, 2.45) is 0 Å². The Balaban J connectivity index is 1.85. The molecule has 1 saturated heterocycles. The van der Waals surface area contributed by atoms with Gasteiger partial charge in [-0.3, -0.25) is 4.90 Å². The first-order valence-electron chi connectivity index (χ1n) is 7.31. The van der Waals surface area contributed by atoms with Gasteiger partial charge in [0.15, 0.2) is 0 Å². The Bertz CT molecular complexity index is 592. The standard InChI is InChI=1S/C14H22N6/c1-4-19-7-5-6-12(19)9-18(3)13-8-11(2)17-14-15-10-16-20(13)14/h8,10,12H,4-7,9H2,1-3H3. The molecule has 2 aromatic rings. The fourth-order valence-corrected chi connectivity index (χ4v) is 3.11. The molecule has 6 nitrogen and oxygen atoms in total. The normalized spacial score (nSPS) is 19.9. The van der Waals surface area contributed by atoms with Crippen molar-refractivity contribution in [3.63, 3.8) is 0 Å². The molecule has 1 unspecified atom stereocenters. The van der Waals surface area contributed by atoms with Gasteiger partial charge in [-0.25, -0.2) is 4.98 Å². The van der Waals surface area contributed by atoms with Crippen LogP contribution >= 0.6 is 0 Å². The van der Waals surface area contributed by atoms with Crippen LogP contribution in [-0.4, -0.2) is 57.2 Å². The number of rotatable bonds is 4. The predicted octanol–water partition coefficient (Wildman–Crippen LogP) is 1.35. The summed E-state index contributed by atoms with van der Waals surface area (Å²) in [6.07, 6.45) is 4.15. The molecule has 0 radical (unpaired) electrons. The molecule has 3 heterocycles. The molecule has 0 bridgehead atoms. The van der Waals surface area contributed by atoms with Crippen LogP contribution in [0.1, 0.15) is 25.5 Å². The Morgan fingerprint density at radius 1 is 1.45 bits per heavy atom. The van der Waals surface area contributed by atoms with Crippen molar-refractivity contribution in [3.05, 3.63) is 18.1 Å². The molecule has 1 atom stereocenters. The monoisotopic (exact) mass is 274 g/mol. The van der Waals surface area contributed by atoms with Gasteiger partial charge >= 0.3 is 0 Å². The van der Waals surface area contributed by atoms with Crippen molar-refractivity contribution in [3.8, 4) is 0 Å². The minimum Gasteiger partial charge on any atom is -0.358 e. The van der Waals surface area contributed by atoms with Crippen molar-refractivity contribution in [2.75, 3.05) is 31.6 Å². The summed E-state index contributed by atoms with van der Waals surface area (Å²) in [4.78, 5) is 13.4. The molecular formula is C14H22N6. The Kier molecular flexibility index (Phi) is 3.56. The number of likely N-dealkylation sites (N-methyl/N-ethyl adjacent to an activating group) is 2. The number of anilines is 1. The van der Waals surface area contributed by atoms with Gasteiger partial charge in [0.25, 0.3) is 5.78 Å². The van der Waals surface area contributed by atoms with E-state index in [0.29, 0.717) is 11.8 Å². The molecule has 6 heteroatoms. The minimum atomic E-state index is 0.636. The highest BCUT2D eigenvalue weighted by molar-refractivity contribution is 5.46. The molecule has 0 aliphatic carbocycles. The van der Waals surface area contributed by atoms with Gasteiger partial charge in [0, 0.05) is 31.4 Å². The number of hydrogen-bond acceptors (Lipinski definition) is 5. The third-order valence-electron chi connectivity index (χ3n) is 4.14. The third kappa shape index (κ3) is 2.35. The number of hydrogen-bond donors (Lipinski definition) is 0. The van der Waals surface area contributed by atoms with Gasteiger partial charge in [0.1, 0.15) is 12.1 Å². The van der Waals surface area contributed by atoms with Gasteiger partial charge in [0.2, 0.25) is 0 Å². The van der Waals surface area contributed by atoms with Crippen LogP contribution in [0.3, 0.4) is 0 Å². The molecule has 20 heavy (non-hydrogen) atoms. The molecule has 1 aliphatic rings. The summed E-state index contributed by atoms with van der Waals surface area (Å²) in [6, 6.07) is 2.71. The topological polar surface area (TPSA) is 49.6 Å². The Hall–Kier alpha value is -1.69. The predicted molar refractivity (Wildman–Crippen MR) is 79.1 cm³/mol. The van der Waals surface area contributed by atoms with Crippen LogP contribution in [-0.2, 0) is 0 Å². The van der Waals surface area contributed by atoms with E-state index in [-0.39, 0.29) is 0 Å². The van der Waals surface area contributed by atoms with E-state index in [1.807, 2.05) is 11.4 Å². The van der Waals surface area contributed by atoms with E-state index in [4.69, 9.17) is 0 Å². The minimum absolute atomic E-state index is 0.636. The highest BCUT2D eigenvalue weighted by Crippen LogP contribution is 2.21. The van der Waals surface area contributed by atoms with Crippen LogP contribution in [0.5, 0.6) is 0 Å². The van der Waals surface area contributed by atoms with Gasteiger partial charge in [0.05, 0.1) is 0 Å². The molecule has 0 amide bonds. The van der Waals surface area contributed by atoms with Crippen molar-refractivity contribution in [1.82, 2.24) is 24.5 Å². The summed E-state index contributed by atoms with van der Waals surface area (Å²) >= 11 is 0. The Morgan fingerprint density at radius 2 is 2.30 bits per heavy atom. The van der Waals surface area contributed by atoms with Gasteiger partial charge in [-0.15, -0.1) is 0 Å². The summed E-state index contributed by atoms with van der Waals surface area (Å²) in [5, 5.41) is 4.28. The van der Waals surface area contributed by atoms with Crippen molar-refractivity contribution >= 4 is 11.6 Å². The van der Waals surface area contributed by atoms with E-state index in [1.54, 1.807) is 6.33 Å². The number of likely N-dealkylation sites (tertiary alicyclic amines) is 1. The maximum absolute atomic E-state index is 4.39. The van der Waals surface area contributed by atoms with Crippen LogP contribution in [0.15, 0.2) is 12.4 Å². The van der Waals surface area contributed by atoms with Crippen LogP contribution in [0.25, 0.3) is 5.78 Å². The van der Waals surface area contributed by atoms with E-state index < -0.39 is 0 Å². The largest absolute Gasteiger partial charge is 0.358 e. The van der Waals surface area contributed by atoms with Crippen molar-refractivity contribution in [2.45, 2.75) is 32.7 Å². The Morgan fingerprint density at radius 3 is 3.10 bits per heavy atom. The lowest BCUT2D eigenvalue weighted by Crippen LogP contribution is -2.39. The average Bonchev–Trinajstić information content (AvgIpc) is 3.05. The van der Waals surface area contributed by atoms with Gasteiger partial charge in [-0.05, 0) is 32.9 Å². The summed E-state index contributed by atoms with van der Waals surface area (Å²) in [6.45, 7) is 7.62. The van der Waals surface area contributed by atoms with Gasteiger partial charge < -0.3 is 4.90 Å². The first-order chi connectivity index (χ1) is 9.69. The zero-order valence-electron chi connectivity index (χ0n) is 12.5. The molecule has 0 spiro atoms. The first kappa shape index (κ1) is 13.3. The van der Waals surface area contributed by atoms with Crippen LogP contribution < -0.4 is 4.90 Å². The zero-order valence-corrected chi connectivity index (χ0v) is 12.5. The maximum atomic E-state index is 4.39. The van der Waals surface area contributed by atoms with Crippen molar-refractivity contribution < 1.29 is 0 Å². The molecule has 108 valence electrons. The number of nitrogens with zero attached hydrogens (tertiary/aromatic N) is 6. The van der Waals surface area contributed by atoms with E-state index in [9.17, 15) is 0 Å². The van der Waals surface area contributed by atoms with Crippen molar-refractivity contribution in [1.29, 1.82) is 0 Å². The Labute approximate surface area is 119 Å². The SMILES string of the molecule is CCN1CCCC1CN(C)c1cc(C)nc2ncnn12. The second kappa shape index (κ2) is 5.36. The highest BCUT2D eigenvalue weighted by Gasteiger charge is 2.25. The molecule has 1 aliphatic heterocycles. The van der Waals surface area contributed by atoms with Crippen LogP contribution in [0.4, 0.5) is 5.82 Å². The summed E-state index contributed by atoms with van der Waals surface area (Å²) < 4.78 is 1.82.